The van der Waals surface area contributed by atoms with E-state index in [2.05, 4.69) is 9.82 Å². The van der Waals surface area contributed by atoms with Gasteiger partial charge in [0.25, 0.3) is 21.8 Å². The van der Waals surface area contributed by atoms with Crippen molar-refractivity contribution >= 4 is 21.6 Å². The van der Waals surface area contributed by atoms with Crippen LogP contribution in [0.2, 0.25) is 0 Å². The third kappa shape index (κ3) is 4.94. The average Bonchev–Trinajstić information content (AvgIpc) is 3.09. The van der Waals surface area contributed by atoms with Crippen molar-refractivity contribution in [1.82, 2.24) is 14.5 Å². The van der Waals surface area contributed by atoms with E-state index in [1.54, 1.807) is 10.7 Å². The zero-order chi connectivity index (χ0) is 23.8. The van der Waals surface area contributed by atoms with Crippen molar-refractivity contribution in [3.8, 4) is 11.6 Å². The molecule has 0 bridgehead atoms. The van der Waals surface area contributed by atoms with Gasteiger partial charge in [-0.05, 0) is 70.9 Å². The highest BCUT2D eigenvalue weighted by molar-refractivity contribution is 7.90. The number of nitrogens with zero attached hydrogens (tertiary/aromatic N) is 2. The molecule has 1 aromatic heterocycles. The molecule has 32 heavy (non-hydrogen) atoms. The summed E-state index contributed by atoms with van der Waals surface area (Å²) in [5, 5.41) is 4.44. The van der Waals surface area contributed by atoms with E-state index in [9.17, 15) is 13.2 Å². The molecule has 1 heterocycles. The molecule has 0 unspecified atom stereocenters. The smallest absolute Gasteiger partial charge is 0.272 e. The number of aryl methyl sites for hydroxylation is 3. The number of hydrogen-bond donors (Lipinski definition) is 2. The summed E-state index contributed by atoms with van der Waals surface area (Å²) in [6.45, 7) is 11.5. The van der Waals surface area contributed by atoms with Gasteiger partial charge in [0.05, 0.1) is 10.4 Å². The van der Waals surface area contributed by atoms with Crippen molar-refractivity contribution in [2.45, 2.75) is 52.0 Å². The summed E-state index contributed by atoms with van der Waals surface area (Å²) in [5.74, 6) is -0.252. The summed E-state index contributed by atoms with van der Waals surface area (Å²) in [5.41, 5.74) is 8.35. The van der Waals surface area contributed by atoms with Crippen LogP contribution in [0.15, 0.2) is 47.5 Å². The number of sulfonamides is 1. The molecular formula is C23H28N4O4S. The lowest BCUT2D eigenvalue weighted by molar-refractivity contribution is 0.0979. The lowest BCUT2D eigenvalue weighted by Crippen LogP contribution is -2.30. The van der Waals surface area contributed by atoms with Crippen LogP contribution < -0.4 is 15.2 Å². The van der Waals surface area contributed by atoms with Crippen molar-refractivity contribution in [2.75, 3.05) is 5.73 Å². The zero-order valence-corrected chi connectivity index (χ0v) is 19.9. The number of carbonyl (C=O) groups is 1. The minimum absolute atomic E-state index is 0.00628. The number of carbonyl (C=O) groups excluding carboxylic acids is 1. The molecule has 8 nitrogen and oxygen atoms in total. The minimum Gasteiger partial charge on any atom is -0.436 e. The van der Waals surface area contributed by atoms with E-state index in [0.29, 0.717) is 5.75 Å². The van der Waals surface area contributed by atoms with Gasteiger partial charge in [0.1, 0.15) is 11.3 Å². The third-order valence-electron chi connectivity index (χ3n) is 4.81. The summed E-state index contributed by atoms with van der Waals surface area (Å²) >= 11 is 0. The van der Waals surface area contributed by atoms with Gasteiger partial charge < -0.3 is 10.5 Å². The second-order valence-corrected chi connectivity index (χ2v) is 10.5. The molecule has 0 aliphatic carbocycles. The Labute approximate surface area is 188 Å². The number of ether oxygens (including phenoxy) is 1. The quantitative estimate of drug-likeness (QED) is 0.559. The first kappa shape index (κ1) is 23.3. The van der Waals surface area contributed by atoms with E-state index < -0.39 is 21.5 Å². The van der Waals surface area contributed by atoms with E-state index in [4.69, 9.17) is 10.5 Å². The number of nitrogen functional groups attached to an aromatic ring is 1. The maximum Gasteiger partial charge on any atom is 0.272 e. The van der Waals surface area contributed by atoms with Crippen LogP contribution in [0.4, 0.5) is 5.69 Å². The Bertz CT molecular complexity index is 1260. The molecule has 0 atom stereocenters. The summed E-state index contributed by atoms with van der Waals surface area (Å²) < 4.78 is 35.2. The predicted octanol–water partition coefficient (Wildman–Crippen LogP) is 4.06. The number of benzene rings is 2. The van der Waals surface area contributed by atoms with Gasteiger partial charge in [-0.3, -0.25) is 9.48 Å². The molecule has 0 spiro atoms. The minimum atomic E-state index is -4.14. The lowest BCUT2D eigenvalue weighted by Gasteiger charge is -2.18. The number of aromatic nitrogens is 2. The molecular weight excluding hydrogens is 428 g/mol. The summed E-state index contributed by atoms with van der Waals surface area (Å²) in [4.78, 5) is 12.9. The first-order chi connectivity index (χ1) is 14.8. The third-order valence-corrected chi connectivity index (χ3v) is 6.14. The van der Waals surface area contributed by atoms with Gasteiger partial charge in [-0.25, -0.2) is 13.1 Å². The number of nitrogens with one attached hydrogen (secondary N) is 1. The molecule has 1 amide bonds. The summed E-state index contributed by atoms with van der Waals surface area (Å²) in [7, 11) is -4.14. The number of rotatable bonds is 5. The van der Waals surface area contributed by atoms with Crippen LogP contribution in [0.5, 0.6) is 11.6 Å². The average molecular weight is 457 g/mol. The molecule has 0 saturated carbocycles. The normalized spacial score (nSPS) is 11.9. The van der Waals surface area contributed by atoms with Gasteiger partial charge in [0.2, 0.25) is 0 Å². The number of hydrogen-bond acceptors (Lipinski definition) is 6. The van der Waals surface area contributed by atoms with E-state index >= 15 is 0 Å². The molecule has 0 aliphatic rings. The molecule has 170 valence electrons. The second-order valence-electron chi connectivity index (χ2n) is 8.80. The van der Waals surface area contributed by atoms with Gasteiger partial charge >= 0.3 is 0 Å². The van der Waals surface area contributed by atoms with Crippen molar-refractivity contribution in [2.24, 2.45) is 0 Å². The number of anilines is 1. The van der Waals surface area contributed by atoms with Gasteiger partial charge in [0.15, 0.2) is 0 Å². The van der Waals surface area contributed by atoms with Crippen LogP contribution in [0.1, 0.15) is 47.8 Å². The van der Waals surface area contributed by atoms with Gasteiger partial charge in [-0.15, -0.1) is 5.10 Å². The van der Waals surface area contributed by atoms with E-state index in [0.717, 1.165) is 16.7 Å². The van der Waals surface area contributed by atoms with Crippen LogP contribution in [-0.2, 0) is 15.6 Å². The van der Waals surface area contributed by atoms with Gasteiger partial charge in [0, 0.05) is 11.9 Å². The monoisotopic (exact) mass is 456 g/mol. The Morgan fingerprint density at radius 2 is 1.72 bits per heavy atom. The summed E-state index contributed by atoms with van der Waals surface area (Å²) in [6.07, 6.45) is 1.48. The van der Waals surface area contributed by atoms with Crippen LogP contribution in [-0.4, -0.2) is 24.1 Å². The SMILES string of the molecule is Cc1cc(C)c(Oc2nn(C(C)(C)C)cc2C(=O)NS(=O)(=O)c2cccc(N)c2)c(C)c1. The van der Waals surface area contributed by atoms with Crippen molar-refractivity contribution in [1.29, 1.82) is 0 Å². The molecule has 0 fully saturated rings. The predicted molar refractivity (Wildman–Crippen MR) is 123 cm³/mol. The van der Waals surface area contributed by atoms with E-state index in [1.165, 1.54) is 24.4 Å². The fourth-order valence-electron chi connectivity index (χ4n) is 3.27. The van der Waals surface area contributed by atoms with Crippen LogP contribution in [0, 0.1) is 20.8 Å². The molecule has 3 N–H and O–H groups in total. The molecule has 0 radical (unpaired) electrons. The lowest BCUT2D eigenvalue weighted by atomic mass is 10.1. The number of nitrogens with two attached hydrogens (primary N) is 1. The van der Waals surface area contributed by atoms with Gasteiger partial charge in [-0.2, -0.15) is 0 Å². The molecule has 0 aliphatic heterocycles. The number of amides is 1. The van der Waals surface area contributed by atoms with Crippen LogP contribution >= 0.6 is 0 Å². The maximum atomic E-state index is 13.0. The largest absolute Gasteiger partial charge is 0.436 e. The van der Waals surface area contributed by atoms with Crippen molar-refractivity contribution < 1.29 is 17.9 Å². The fourth-order valence-corrected chi connectivity index (χ4v) is 4.30. The molecule has 0 saturated heterocycles. The summed E-state index contributed by atoms with van der Waals surface area (Å²) in [6, 6.07) is 9.64. The standard InChI is InChI=1S/C23H28N4O4S/c1-14-10-15(2)20(16(3)11-14)31-22-19(13-27(25-22)23(4,5)6)21(28)26-32(29,30)18-9-7-8-17(24)12-18/h7-13H,24H2,1-6H3,(H,26,28). The first-order valence-corrected chi connectivity index (χ1v) is 11.5. The highest BCUT2D eigenvalue weighted by atomic mass is 32.2. The Morgan fingerprint density at radius 3 is 2.28 bits per heavy atom. The Balaban J connectivity index is 2.02. The topological polar surface area (TPSA) is 116 Å². The zero-order valence-electron chi connectivity index (χ0n) is 19.1. The molecule has 2 aromatic carbocycles. The second kappa shape index (κ2) is 8.31. The van der Waals surface area contributed by atoms with Crippen molar-refractivity contribution in [3.05, 3.63) is 64.8 Å². The van der Waals surface area contributed by atoms with E-state index in [-0.39, 0.29) is 22.0 Å². The highest BCUT2D eigenvalue weighted by Crippen LogP contribution is 2.32. The first-order valence-electron chi connectivity index (χ1n) is 10.1. The molecule has 3 rings (SSSR count). The Hall–Kier alpha value is -3.33. The molecule has 9 heteroatoms. The fraction of sp³-hybridized carbons (Fsp3) is 0.304. The highest BCUT2D eigenvalue weighted by Gasteiger charge is 2.27. The Kier molecular flexibility index (Phi) is 6.06. The van der Waals surface area contributed by atoms with Crippen LogP contribution in [0.3, 0.4) is 0 Å². The molecule has 3 aromatic rings. The van der Waals surface area contributed by atoms with Crippen molar-refractivity contribution in [3.63, 3.8) is 0 Å². The maximum absolute atomic E-state index is 13.0. The van der Waals surface area contributed by atoms with E-state index in [1.807, 2.05) is 53.7 Å². The van der Waals surface area contributed by atoms with Crippen LogP contribution in [0.25, 0.3) is 0 Å². The Morgan fingerprint density at radius 1 is 1.09 bits per heavy atom. The van der Waals surface area contributed by atoms with Gasteiger partial charge in [-0.1, -0.05) is 23.8 Å².